The molecule has 4 nitrogen and oxygen atoms in total. The predicted molar refractivity (Wildman–Crippen MR) is 42.6 cm³/mol. The molecule has 12 heavy (non-hydrogen) atoms. The second-order valence-electron chi connectivity index (χ2n) is 3.52. The number of ether oxygens (including phenoxy) is 2. The molecule has 1 rings (SSSR count). The minimum atomic E-state index is -0.701. The zero-order valence-corrected chi connectivity index (χ0v) is 7.49. The van der Waals surface area contributed by atoms with E-state index in [-0.39, 0.29) is 12.7 Å². The van der Waals surface area contributed by atoms with E-state index in [9.17, 15) is 0 Å². The van der Waals surface area contributed by atoms with Crippen molar-refractivity contribution in [2.45, 2.75) is 38.3 Å². The Morgan fingerprint density at radius 1 is 1.58 bits per heavy atom. The van der Waals surface area contributed by atoms with Crippen LogP contribution in [-0.4, -0.2) is 41.4 Å². The maximum absolute atomic E-state index is 9.10. The van der Waals surface area contributed by atoms with Gasteiger partial charge in [0.25, 0.3) is 0 Å². The van der Waals surface area contributed by atoms with Crippen molar-refractivity contribution >= 4 is 0 Å². The average molecular weight is 176 g/mol. The summed E-state index contributed by atoms with van der Waals surface area (Å²) in [6.45, 7) is 3.93. The van der Waals surface area contributed by atoms with Gasteiger partial charge in [-0.15, -0.1) is 0 Å². The Hall–Kier alpha value is -0.160. The standard InChI is InChI=1S/C8H16O4/c1-8(2)11-5-7(12-8)3-6(10)4-9/h6-7,9-10H,3-5H2,1-2H3. The molecular weight excluding hydrogens is 160 g/mol. The summed E-state index contributed by atoms with van der Waals surface area (Å²) in [6, 6.07) is 0. The van der Waals surface area contributed by atoms with Gasteiger partial charge in [0.15, 0.2) is 5.79 Å². The lowest BCUT2D eigenvalue weighted by Crippen LogP contribution is -2.25. The van der Waals surface area contributed by atoms with Gasteiger partial charge in [0.05, 0.1) is 25.4 Å². The first-order chi connectivity index (χ1) is 5.53. The fourth-order valence-electron chi connectivity index (χ4n) is 1.26. The molecule has 0 bridgehead atoms. The van der Waals surface area contributed by atoms with E-state index >= 15 is 0 Å². The minimum Gasteiger partial charge on any atom is -0.394 e. The van der Waals surface area contributed by atoms with Crippen LogP contribution >= 0.6 is 0 Å². The van der Waals surface area contributed by atoms with Crippen molar-refractivity contribution in [3.05, 3.63) is 0 Å². The summed E-state index contributed by atoms with van der Waals surface area (Å²) in [7, 11) is 0. The molecule has 0 spiro atoms. The van der Waals surface area contributed by atoms with Gasteiger partial charge in [0.1, 0.15) is 0 Å². The van der Waals surface area contributed by atoms with E-state index in [0.29, 0.717) is 13.0 Å². The number of hydrogen-bond donors (Lipinski definition) is 2. The summed E-state index contributed by atoms with van der Waals surface area (Å²) in [4.78, 5) is 0. The molecule has 0 aromatic rings. The van der Waals surface area contributed by atoms with Crippen LogP contribution < -0.4 is 0 Å². The Labute approximate surface area is 72.1 Å². The van der Waals surface area contributed by atoms with Crippen molar-refractivity contribution in [3.8, 4) is 0 Å². The van der Waals surface area contributed by atoms with E-state index < -0.39 is 11.9 Å². The maximum atomic E-state index is 9.10. The van der Waals surface area contributed by atoms with E-state index in [2.05, 4.69) is 0 Å². The van der Waals surface area contributed by atoms with E-state index in [4.69, 9.17) is 19.7 Å². The summed E-state index contributed by atoms with van der Waals surface area (Å²) in [5, 5.41) is 17.7. The summed E-state index contributed by atoms with van der Waals surface area (Å²) in [5.41, 5.74) is 0. The first-order valence-electron chi connectivity index (χ1n) is 4.14. The lowest BCUT2D eigenvalue weighted by atomic mass is 10.2. The minimum absolute atomic E-state index is 0.0952. The van der Waals surface area contributed by atoms with Crippen LogP contribution in [0.5, 0.6) is 0 Å². The molecule has 0 aromatic carbocycles. The van der Waals surface area contributed by atoms with Crippen molar-refractivity contribution in [2.75, 3.05) is 13.2 Å². The largest absolute Gasteiger partial charge is 0.394 e. The molecule has 2 atom stereocenters. The molecule has 1 heterocycles. The van der Waals surface area contributed by atoms with Crippen LogP contribution in [0.4, 0.5) is 0 Å². The van der Waals surface area contributed by atoms with Gasteiger partial charge in [-0.2, -0.15) is 0 Å². The quantitative estimate of drug-likeness (QED) is 0.629. The molecular formula is C8H16O4. The molecule has 1 saturated heterocycles. The smallest absolute Gasteiger partial charge is 0.163 e. The topological polar surface area (TPSA) is 58.9 Å². The van der Waals surface area contributed by atoms with Crippen LogP contribution in [0.25, 0.3) is 0 Å². The van der Waals surface area contributed by atoms with Gasteiger partial charge in [-0.05, 0) is 13.8 Å². The monoisotopic (exact) mass is 176 g/mol. The first kappa shape index (κ1) is 9.92. The van der Waals surface area contributed by atoms with Crippen LogP contribution in [0.1, 0.15) is 20.3 Å². The van der Waals surface area contributed by atoms with Crippen molar-refractivity contribution in [1.29, 1.82) is 0 Å². The normalized spacial score (nSPS) is 30.5. The van der Waals surface area contributed by atoms with Gasteiger partial charge in [-0.3, -0.25) is 0 Å². The average Bonchev–Trinajstić information content (AvgIpc) is 2.30. The second kappa shape index (κ2) is 3.70. The van der Waals surface area contributed by atoms with Crippen LogP contribution in [-0.2, 0) is 9.47 Å². The fourth-order valence-corrected chi connectivity index (χ4v) is 1.26. The molecule has 0 amide bonds. The molecule has 4 heteroatoms. The van der Waals surface area contributed by atoms with Crippen LogP contribution in [0.2, 0.25) is 0 Å². The third-order valence-corrected chi connectivity index (χ3v) is 1.81. The van der Waals surface area contributed by atoms with Crippen molar-refractivity contribution < 1.29 is 19.7 Å². The molecule has 2 unspecified atom stereocenters. The molecule has 0 aliphatic carbocycles. The van der Waals surface area contributed by atoms with Crippen LogP contribution in [0, 0.1) is 0 Å². The maximum Gasteiger partial charge on any atom is 0.163 e. The van der Waals surface area contributed by atoms with E-state index in [1.807, 2.05) is 13.8 Å². The SMILES string of the molecule is CC1(C)OCC(CC(O)CO)O1. The Kier molecular flexibility index (Phi) is 3.06. The Morgan fingerprint density at radius 2 is 2.25 bits per heavy atom. The lowest BCUT2D eigenvalue weighted by Gasteiger charge is -2.17. The number of hydrogen-bond acceptors (Lipinski definition) is 4. The predicted octanol–water partition coefficient (Wildman–Crippen LogP) is -0.119. The van der Waals surface area contributed by atoms with Gasteiger partial charge >= 0.3 is 0 Å². The first-order valence-corrected chi connectivity index (χ1v) is 4.14. The highest BCUT2D eigenvalue weighted by Gasteiger charge is 2.33. The Bertz CT molecular complexity index is 146. The van der Waals surface area contributed by atoms with Gasteiger partial charge in [0, 0.05) is 6.42 Å². The molecule has 1 aliphatic rings. The third kappa shape index (κ3) is 2.71. The van der Waals surface area contributed by atoms with E-state index in [1.165, 1.54) is 0 Å². The highest BCUT2D eigenvalue weighted by molar-refractivity contribution is 4.73. The third-order valence-electron chi connectivity index (χ3n) is 1.81. The Morgan fingerprint density at radius 3 is 2.67 bits per heavy atom. The lowest BCUT2D eigenvalue weighted by molar-refractivity contribution is -0.142. The van der Waals surface area contributed by atoms with E-state index in [0.717, 1.165) is 0 Å². The highest BCUT2D eigenvalue weighted by Crippen LogP contribution is 2.24. The summed E-state index contributed by atoms with van der Waals surface area (Å²) in [5.74, 6) is -0.542. The molecule has 0 radical (unpaired) electrons. The second-order valence-corrected chi connectivity index (χ2v) is 3.52. The van der Waals surface area contributed by atoms with Crippen LogP contribution in [0.15, 0.2) is 0 Å². The molecule has 1 fully saturated rings. The summed E-state index contributed by atoms with van der Waals surface area (Å²) in [6.07, 6.45) is -0.366. The highest BCUT2D eigenvalue weighted by atomic mass is 16.7. The fraction of sp³-hybridized carbons (Fsp3) is 1.00. The number of aliphatic hydroxyl groups excluding tert-OH is 2. The van der Waals surface area contributed by atoms with E-state index in [1.54, 1.807) is 0 Å². The molecule has 72 valence electrons. The molecule has 1 aliphatic heterocycles. The zero-order valence-electron chi connectivity index (χ0n) is 7.49. The molecule has 2 N–H and O–H groups in total. The van der Waals surface area contributed by atoms with Crippen molar-refractivity contribution in [3.63, 3.8) is 0 Å². The van der Waals surface area contributed by atoms with Gasteiger partial charge in [-0.25, -0.2) is 0 Å². The number of aliphatic hydroxyl groups is 2. The van der Waals surface area contributed by atoms with Crippen LogP contribution in [0.3, 0.4) is 0 Å². The molecule has 0 aromatic heterocycles. The van der Waals surface area contributed by atoms with Gasteiger partial charge in [0.2, 0.25) is 0 Å². The summed E-state index contributed by atoms with van der Waals surface area (Å²) >= 11 is 0. The van der Waals surface area contributed by atoms with Crippen molar-refractivity contribution in [1.82, 2.24) is 0 Å². The molecule has 0 saturated carbocycles. The summed E-state index contributed by atoms with van der Waals surface area (Å²) < 4.78 is 10.7. The van der Waals surface area contributed by atoms with Gasteiger partial charge < -0.3 is 19.7 Å². The van der Waals surface area contributed by atoms with Gasteiger partial charge in [-0.1, -0.05) is 0 Å². The zero-order chi connectivity index (χ0) is 9.19. The number of rotatable bonds is 3. The Balaban J connectivity index is 2.28. The van der Waals surface area contributed by atoms with Crippen molar-refractivity contribution in [2.24, 2.45) is 0 Å².